The number of ether oxygens (including phenoxy) is 2. The smallest absolute Gasteiger partial charge is 0.307 e. The molecule has 4 fully saturated rings. The van der Waals surface area contributed by atoms with Crippen molar-refractivity contribution in [3.05, 3.63) is 24.3 Å². The van der Waals surface area contributed by atoms with E-state index in [1.807, 2.05) is 24.3 Å². The Kier molecular flexibility index (Phi) is 12.2. The second kappa shape index (κ2) is 16.2. The van der Waals surface area contributed by atoms with E-state index in [1.54, 1.807) is 0 Å². The average Bonchev–Trinajstić information content (AvgIpc) is 3.84. The third-order valence-corrected chi connectivity index (χ3v) is 11.8. The first-order valence-electron chi connectivity index (χ1n) is 17.9. The van der Waals surface area contributed by atoms with Gasteiger partial charge in [-0.05, 0) is 101 Å². The number of carbonyl (C=O) groups excluding carboxylic acids is 6. The zero-order chi connectivity index (χ0) is 36.1. The lowest BCUT2D eigenvalue weighted by Gasteiger charge is -2.42. The van der Waals surface area contributed by atoms with Crippen LogP contribution < -0.4 is 10.6 Å². The summed E-state index contributed by atoms with van der Waals surface area (Å²) in [5, 5.41) is 5.34. The van der Waals surface area contributed by atoms with E-state index in [-0.39, 0.29) is 47.1 Å². The molecule has 0 aromatic rings. The SMILES string of the molecule is CN1C(=O)C(CC(=O)OC2CCCCC2)(C2C=CCC2)C(=O)NC1=S.CN1C(=O)C(CC(=O)OC2CCCCC2)(C2C=CCC2)C(=O)NC1=S. The van der Waals surface area contributed by atoms with Gasteiger partial charge in [0.15, 0.2) is 10.2 Å². The number of nitrogens with zero attached hydrogens (tertiary/aromatic N) is 2. The summed E-state index contributed by atoms with van der Waals surface area (Å²) in [4.78, 5) is 79.4. The van der Waals surface area contributed by atoms with Gasteiger partial charge in [-0.25, -0.2) is 0 Å². The molecule has 0 aromatic heterocycles. The molecular formula is C36H48N4O8S2. The van der Waals surface area contributed by atoms with Gasteiger partial charge in [-0.15, -0.1) is 0 Å². The standard InChI is InChI=1S/2C18H24N2O4S/c2*1-20-16(23)18(12-7-5-6-8-12,15(22)19-17(20)25)11-14(21)24-13-9-3-2-4-10-13/h2*5,7,12-13H,2-4,6,8-11H2,1H3,(H,19,22,25). The molecule has 0 bridgehead atoms. The highest BCUT2D eigenvalue weighted by molar-refractivity contribution is 7.80. The Balaban J connectivity index is 0.000000194. The predicted molar refractivity (Wildman–Crippen MR) is 191 cm³/mol. The maximum atomic E-state index is 13.0. The van der Waals surface area contributed by atoms with Gasteiger partial charge in [0.2, 0.25) is 23.6 Å². The third-order valence-electron chi connectivity index (χ3n) is 11.1. The van der Waals surface area contributed by atoms with Gasteiger partial charge in [0.25, 0.3) is 0 Å². The highest BCUT2D eigenvalue weighted by atomic mass is 32.1. The first-order valence-corrected chi connectivity index (χ1v) is 18.7. The minimum atomic E-state index is -1.46. The van der Waals surface area contributed by atoms with Crippen LogP contribution in [-0.4, -0.2) is 81.9 Å². The molecule has 4 unspecified atom stereocenters. The molecule has 4 atom stereocenters. The lowest BCUT2D eigenvalue weighted by molar-refractivity contribution is -0.165. The van der Waals surface area contributed by atoms with Crippen molar-refractivity contribution >= 4 is 70.2 Å². The van der Waals surface area contributed by atoms with Gasteiger partial charge in [0.1, 0.15) is 23.0 Å². The monoisotopic (exact) mass is 728 g/mol. The number of hydrogen-bond acceptors (Lipinski definition) is 10. The Morgan fingerprint density at radius 3 is 1.34 bits per heavy atom. The fourth-order valence-corrected chi connectivity index (χ4v) is 8.50. The quantitative estimate of drug-likeness (QED) is 0.161. The minimum Gasteiger partial charge on any atom is -0.462 e. The van der Waals surface area contributed by atoms with Gasteiger partial charge in [0, 0.05) is 25.9 Å². The van der Waals surface area contributed by atoms with Crippen molar-refractivity contribution in [3.63, 3.8) is 0 Å². The maximum Gasteiger partial charge on any atom is 0.307 e. The lowest BCUT2D eigenvalue weighted by Crippen LogP contribution is -2.65. The number of amides is 4. The summed E-state index contributed by atoms with van der Waals surface area (Å²) < 4.78 is 11.2. The second-order valence-electron chi connectivity index (χ2n) is 14.3. The molecule has 0 spiro atoms. The fourth-order valence-electron chi connectivity index (χ4n) is 8.15. The van der Waals surface area contributed by atoms with E-state index in [9.17, 15) is 28.8 Å². The molecule has 0 aromatic carbocycles. The number of rotatable bonds is 8. The van der Waals surface area contributed by atoms with Crippen molar-refractivity contribution in [3.8, 4) is 0 Å². The Labute approximate surface area is 304 Å². The third kappa shape index (κ3) is 7.70. The van der Waals surface area contributed by atoms with Crippen molar-refractivity contribution in [2.45, 2.75) is 115 Å². The van der Waals surface area contributed by atoms with Crippen LogP contribution in [0.4, 0.5) is 0 Å². The number of nitrogens with one attached hydrogen (secondary N) is 2. The van der Waals surface area contributed by atoms with Crippen LogP contribution in [-0.2, 0) is 38.2 Å². The predicted octanol–water partition coefficient (Wildman–Crippen LogP) is 4.16. The summed E-state index contributed by atoms with van der Waals surface area (Å²) in [6.45, 7) is 0. The molecule has 2 saturated carbocycles. The molecule has 12 nitrogen and oxygen atoms in total. The number of esters is 2. The van der Waals surface area contributed by atoms with Crippen LogP contribution in [0.3, 0.4) is 0 Å². The van der Waals surface area contributed by atoms with Crippen LogP contribution in [0.15, 0.2) is 24.3 Å². The molecular weight excluding hydrogens is 681 g/mol. The van der Waals surface area contributed by atoms with E-state index in [0.29, 0.717) is 12.8 Å². The second-order valence-corrected chi connectivity index (χ2v) is 15.0. The zero-order valence-electron chi connectivity index (χ0n) is 28.9. The number of thiocarbonyl (C=S) groups is 2. The largest absolute Gasteiger partial charge is 0.462 e. The van der Waals surface area contributed by atoms with Gasteiger partial charge in [-0.2, -0.15) is 0 Å². The van der Waals surface area contributed by atoms with Crippen LogP contribution in [0.2, 0.25) is 0 Å². The maximum absolute atomic E-state index is 13.0. The van der Waals surface area contributed by atoms with E-state index in [4.69, 9.17) is 33.9 Å². The molecule has 6 aliphatic rings. The molecule has 2 heterocycles. The van der Waals surface area contributed by atoms with Crippen LogP contribution in [0.1, 0.15) is 103 Å². The molecule has 4 aliphatic carbocycles. The van der Waals surface area contributed by atoms with E-state index >= 15 is 0 Å². The van der Waals surface area contributed by atoms with Gasteiger partial charge in [0.05, 0.1) is 12.8 Å². The Hall–Kier alpha value is -3.52. The van der Waals surface area contributed by atoms with E-state index in [1.165, 1.54) is 23.9 Å². The van der Waals surface area contributed by atoms with E-state index in [0.717, 1.165) is 77.0 Å². The molecule has 2 saturated heterocycles. The lowest BCUT2D eigenvalue weighted by atomic mass is 9.69. The summed E-state index contributed by atoms with van der Waals surface area (Å²) in [6.07, 6.45) is 19.8. The average molecular weight is 729 g/mol. The van der Waals surface area contributed by atoms with Crippen LogP contribution in [0, 0.1) is 22.7 Å². The van der Waals surface area contributed by atoms with Crippen LogP contribution >= 0.6 is 24.4 Å². The Morgan fingerprint density at radius 2 is 1.02 bits per heavy atom. The normalized spacial score (nSPS) is 30.5. The summed E-state index contributed by atoms with van der Waals surface area (Å²) in [5.74, 6) is -3.39. The fraction of sp³-hybridized carbons (Fsp3) is 0.667. The molecule has 2 aliphatic heterocycles. The summed E-state index contributed by atoms with van der Waals surface area (Å²) >= 11 is 10.1. The first kappa shape index (κ1) is 37.7. The molecule has 0 radical (unpaired) electrons. The molecule has 50 heavy (non-hydrogen) atoms. The molecule has 4 amide bonds. The summed E-state index contributed by atoms with van der Waals surface area (Å²) in [5.41, 5.74) is -2.92. The van der Waals surface area contributed by atoms with Gasteiger partial charge in [-0.3, -0.25) is 38.6 Å². The summed E-state index contributed by atoms with van der Waals surface area (Å²) in [6, 6.07) is 0. The summed E-state index contributed by atoms with van der Waals surface area (Å²) in [7, 11) is 3.06. The van der Waals surface area contributed by atoms with E-state index < -0.39 is 46.4 Å². The van der Waals surface area contributed by atoms with Crippen molar-refractivity contribution in [1.82, 2.24) is 20.4 Å². The van der Waals surface area contributed by atoms with Crippen molar-refractivity contribution < 1.29 is 38.2 Å². The van der Waals surface area contributed by atoms with Crippen molar-refractivity contribution in [2.75, 3.05) is 14.1 Å². The Morgan fingerprint density at radius 1 is 0.660 bits per heavy atom. The van der Waals surface area contributed by atoms with Crippen LogP contribution in [0.25, 0.3) is 0 Å². The highest BCUT2D eigenvalue weighted by Gasteiger charge is 2.59. The zero-order valence-corrected chi connectivity index (χ0v) is 30.5. The van der Waals surface area contributed by atoms with Crippen LogP contribution in [0.5, 0.6) is 0 Å². The van der Waals surface area contributed by atoms with Crippen molar-refractivity contribution in [1.29, 1.82) is 0 Å². The van der Waals surface area contributed by atoms with Crippen molar-refractivity contribution in [2.24, 2.45) is 22.7 Å². The van der Waals surface area contributed by atoms with Gasteiger partial charge >= 0.3 is 11.9 Å². The number of allylic oxidation sites excluding steroid dienone is 4. The topological polar surface area (TPSA) is 151 Å². The first-order chi connectivity index (χ1) is 23.9. The Bertz CT molecular complexity index is 1360. The molecule has 272 valence electrons. The highest BCUT2D eigenvalue weighted by Crippen LogP contribution is 2.44. The van der Waals surface area contributed by atoms with E-state index in [2.05, 4.69) is 10.6 Å². The molecule has 2 N–H and O–H groups in total. The van der Waals surface area contributed by atoms with Gasteiger partial charge < -0.3 is 20.1 Å². The molecule has 6 rings (SSSR count). The molecule has 14 heteroatoms. The minimum absolute atomic E-state index is 0.0771. The number of carbonyl (C=O) groups is 6. The number of hydrogen-bond donors (Lipinski definition) is 2. The van der Waals surface area contributed by atoms with Gasteiger partial charge in [-0.1, -0.05) is 37.1 Å².